The van der Waals surface area contributed by atoms with Gasteiger partial charge in [-0.05, 0) is 25.0 Å². The van der Waals surface area contributed by atoms with Gasteiger partial charge in [0.15, 0.2) is 0 Å². The molecule has 19 heavy (non-hydrogen) atoms. The van der Waals surface area contributed by atoms with Crippen LogP contribution in [0.1, 0.15) is 12.8 Å². The number of ether oxygens (including phenoxy) is 2. The van der Waals surface area contributed by atoms with Crippen LogP contribution in [-0.2, 0) is 10.0 Å². The third-order valence-corrected chi connectivity index (χ3v) is 4.02. The second-order valence-corrected chi connectivity index (χ2v) is 5.58. The number of hydrogen-bond donors (Lipinski definition) is 2. The summed E-state index contributed by atoms with van der Waals surface area (Å²) in [7, 11) is -0.778. The average Bonchev–Trinajstić information content (AvgIpc) is 2.43. The highest BCUT2D eigenvalue weighted by Crippen LogP contribution is 2.27. The highest BCUT2D eigenvalue weighted by Gasteiger charge is 2.19. The standard InChI is InChI=1S/C12H19NO5S/c1-17-10-5-6-11(18-2)12(9-10)19(15,16)13-7-3-4-8-14/h5-6,9,13-14H,3-4,7-8H2,1-2H3. The third kappa shape index (κ3) is 4.38. The minimum Gasteiger partial charge on any atom is -0.497 e. The molecule has 0 fully saturated rings. The topological polar surface area (TPSA) is 84.9 Å². The second-order valence-electron chi connectivity index (χ2n) is 3.85. The predicted octanol–water partition coefficient (Wildman–Crippen LogP) is 0.755. The molecule has 0 saturated carbocycles. The van der Waals surface area contributed by atoms with Crippen molar-refractivity contribution < 1.29 is 23.0 Å². The summed E-state index contributed by atoms with van der Waals surface area (Å²) < 4.78 is 36.8. The van der Waals surface area contributed by atoms with Crippen LogP contribution in [-0.4, -0.2) is 40.9 Å². The van der Waals surface area contributed by atoms with Crippen molar-refractivity contribution in [3.8, 4) is 11.5 Å². The van der Waals surface area contributed by atoms with Crippen molar-refractivity contribution in [2.75, 3.05) is 27.4 Å². The molecule has 1 rings (SSSR count). The average molecular weight is 289 g/mol. The maximum Gasteiger partial charge on any atom is 0.244 e. The van der Waals surface area contributed by atoms with Gasteiger partial charge in [-0.25, -0.2) is 13.1 Å². The lowest BCUT2D eigenvalue weighted by Gasteiger charge is -2.11. The molecule has 1 aromatic carbocycles. The van der Waals surface area contributed by atoms with Crippen molar-refractivity contribution in [2.45, 2.75) is 17.7 Å². The van der Waals surface area contributed by atoms with Crippen LogP contribution in [0, 0.1) is 0 Å². The molecule has 0 aliphatic rings. The normalized spacial score (nSPS) is 11.3. The molecule has 0 saturated heterocycles. The molecular weight excluding hydrogens is 270 g/mol. The van der Waals surface area contributed by atoms with E-state index in [4.69, 9.17) is 14.6 Å². The molecular formula is C12H19NO5S. The fourth-order valence-electron chi connectivity index (χ4n) is 1.52. The van der Waals surface area contributed by atoms with Gasteiger partial charge in [0.05, 0.1) is 14.2 Å². The molecule has 0 radical (unpaired) electrons. The minimum atomic E-state index is -3.65. The van der Waals surface area contributed by atoms with Gasteiger partial charge in [0, 0.05) is 19.2 Å². The van der Waals surface area contributed by atoms with E-state index in [2.05, 4.69) is 4.72 Å². The Morgan fingerprint density at radius 3 is 2.53 bits per heavy atom. The first-order valence-electron chi connectivity index (χ1n) is 5.87. The SMILES string of the molecule is COc1ccc(OC)c(S(=O)(=O)NCCCCO)c1. The fraction of sp³-hybridized carbons (Fsp3) is 0.500. The summed E-state index contributed by atoms with van der Waals surface area (Å²) in [6.07, 6.45) is 1.12. The van der Waals surface area contributed by atoms with Gasteiger partial charge in [-0.1, -0.05) is 0 Å². The van der Waals surface area contributed by atoms with Crippen molar-refractivity contribution in [2.24, 2.45) is 0 Å². The van der Waals surface area contributed by atoms with E-state index in [0.717, 1.165) is 0 Å². The summed E-state index contributed by atoms with van der Waals surface area (Å²) in [6.45, 7) is 0.313. The van der Waals surface area contributed by atoms with E-state index in [1.54, 1.807) is 12.1 Å². The number of aliphatic hydroxyl groups excluding tert-OH is 1. The number of hydrogen-bond acceptors (Lipinski definition) is 5. The van der Waals surface area contributed by atoms with E-state index in [1.165, 1.54) is 20.3 Å². The van der Waals surface area contributed by atoms with E-state index in [0.29, 0.717) is 18.6 Å². The Labute approximate surface area is 113 Å². The lowest BCUT2D eigenvalue weighted by Crippen LogP contribution is -2.25. The molecule has 1 aromatic rings. The Kier molecular flexibility index (Phi) is 6.07. The summed E-state index contributed by atoms with van der Waals surface area (Å²) in [4.78, 5) is 0.0401. The number of aliphatic hydroxyl groups is 1. The molecule has 0 atom stereocenters. The molecule has 0 bridgehead atoms. The minimum absolute atomic E-state index is 0.0401. The zero-order valence-corrected chi connectivity index (χ0v) is 11.9. The number of methoxy groups -OCH3 is 2. The Bertz CT molecular complexity index is 501. The summed E-state index contributed by atoms with van der Waals surface area (Å²) in [6, 6.07) is 4.58. The molecule has 0 unspecified atom stereocenters. The Hall–Kier alpha value is -1.31. The van der Waals surface area contributed by atoms with Gasteiger partial charge in [-0.2, -0.15) is 0 Å². The summed E-state index contributed by atoms with van der Waals surface area (Å²) in [5, 5.41) is 8.65. The monoisotopic (exact) mass is 289 g/mol. The highest BCUT2D eigenvalue weighted by molar-refractivity contribution is 7.89. The van der Waals surface area contributed by atoms with Crippen LogP contribution < -0.4 is 14.2 Å². The van der Waals surface area contributed by atoms with Gasteiger partial charge in [0.2, 0.25) is 10.0 Å². The first-order valence-corrected chi connectivity index (χ1v) is 7.36. The Morgan fingerprint density at radius 2 is 1.95 bits per heavy atom. The molecule has 0 aliphatic heterocycles. The second kappa shape index (κ2) is 7.32. The number of nitrogens with one attached hydrogen (secondary N) is 1. The molecule has 0 heterocycles. The fourth-order valence-corrected chi connectivity index (χ4v) is 2.77. The zero-order chi connectivity index (χ0) is 14.3. The van der Waals surface area contributed by atoms with Crippen LogP contribution in [0.15, 0.2) is 23.1 Å². The predicted molar refractivity (Wildman–Crippen MR) is 71.1 cm³/mol. The largest absolute Gasteiger partial charge is 0.497 e. The van der Waals surface area contributed by atoms with Crippen molar-refractivity contribution >= 4 is 10.0 Å². The van der Waals surface area contributed by atoms with Gasteiger partial charge in [-0.15, -0.1) is 0 Å². The van der Waals surface area contributed by atoms with Gasteiger partial charge in [-0.3, -0.25) is 0 Å². The van der Waals surface area contributed by atoms with Gasteiger partial charge in [0.25, 0.3) is 0 Å². The maximum atomic E-state index is 12.1. The van der Waals surface area contributed by atoms with Crippen molar-refractivity contribution in [3.63, 3.8) is 0 Å². The van der Waals surface area contributed by atoms with Crippen LogP contribution >= 0.6 is 0 Å². The Balaban J connectivity index is 2.92. The summed E-state index contributed by atoms with van der Waals surface area (Å²) >= 11 is 0. The van der Waals surface area contributed by atoms with Gasteiger partial charge < -0.3 is 14.6 Å². The van der Waals surface area contributed by atoms with Crippen LogP contribution in [0.4, 0.5) is 0 Å². The van der Waals surface area contributed by atoms with Crippen LogP contribution in [0.3, 0.4) is 0 Å². The molecule has 108 valence electrons. The van der Waals surface area contributed by atoms with Crippen LogP contribution in [0.25, 0.3) is 0 Å². The summed E-state index contributed by atoms with van der Waals surface area (Å²) in [5.74, 6) is 0.701. The van der Waals surface area contributed by atoms with Crippen LogP contribution in [0.2, 0.25) is 0 Å². The van der Waals surface area contributed by atoms with E-state index in [1.807, 2.05) is 0 Å². The van der Waals surface area contributed by atoms with Crippen molar-refractivity contribution in [1.82, 2.24) is 4.72 Å². The molecule has 0 spiro atoms. The first-order chi connectivity index (χ1) is 9.05. The highest BCUT2D eigenvalue weighted by atomic mass is 32.2. The van der Waals surface area contributed by atoms with E-state index in [9.17, 15) is 8.42 Å². The zero-order valence-electron chi connectivity index (χ0n) is 11.0. The molecule has 0 amide bonds. The Morgan fingerprint density at radius 1 is 1.21 bits per heavy atom. The molecule has 2 N–H and O–H groups in total. The van der Waals surface area contributed by atoms with E-state index < -0.39 is 10.0 Å². The van der Waals surface area contributed by atoms with Gasteiger partial charge >= 0.3 is 0 Å². The number of sulfonamides is 1. The number of unbranched alkanes of at least 4 members (excludes halogenated alkanes) is 1. The molecule has 0 aliphatic carbocycles. The summed E-state index contributed by atoms with van der Waals surface area (Å²) in [5.41, 5.74) is 0. The molecule has 7 heteroatoms. The lowest BCUT2D eigenvalue weighted by molar-refractivity contribution is 0.285. The van der Waals surface area contributed by atoms with E-state index in [-0.39, 0.29) is 23.8 Å². The van der Waals surface area contributed by atoms with Gasteiger partial charge in [0.1, 0.15) is 16.4 Å². The van der Waals surface area contributed by atoms with Crippen molar-refractivity contribution in [3.05, 3.63) is 18.2 Å². The van der Waals surface area contributed by atoms with E-state index >= 15 is 0 Å². The lowest BCUT2D eigenvalue weighted by atomic mass is 10.3. The number of benzene rings is 1. The number of rotatable bonds is 8. The molecule has 6 nitrogen and oxygen atoms in total. The maximum absolute atomic E-state index is 12.1. The van der Waals surface area contributed by atoms with Crippen LogP contribution in [0.5, 0.6) is 11.5 Å². The third-order valence-electron chi connectivity index (χ3n) is 2.54. The quantitative estimate of drug-likeness (QED) is 0.690. The smallest absolute Gasteiger partial charge is 0.244 e. The first kappa shape index (κ1) is 15.7. The molecule has 0 aromatic heterocycles. The van der Waals surface area contributed by atoms with Crippen molar-refractivity contribution in [1.29, 1.82) is 0 Å².